The predicted molar refractivity (Wildman–Crippen MR) is 106 cm³/mol. The summed E-state index contributed by atoms with van der Waals surface area (Å²) < 4.78 is 6.09. The van der Waals surface area contributed by atoms with Gasteiger partial charge in [-0.1, -0.05) is 41.4 Å². The van der Waals surface area contributed by atoms with Gasteiger partial charge >= 0.3 is 0 Å². The highest BCUT2D eigenvalue weighted by molar-refractivity contribution is 6.32. The molecule has 8 heteroatoms. The van der Waals surface area contributed by atoms with Gasteiger partial charge in [-0.3, -0.25) is 19.9 Å². The van der Waals surface area contributed by atoms with E-state index in [0.29, 0.717) is 15.7 Å². The van der Waals surface area contributed by atoms with Crippen LogP contribution < -0.4 is 10.4 Å². The molecule has 2 amide bonds. The van der Waals surface area contributed by atoms with Gasteiger partial charge in [0, 0.05) is 21.2 Å². The van der Waals surface area contributed by atoms with E-state index in [1.807, 2.05) is 18.2 Å². The monoisotopic (exact) mass is 428 g/mol. The SMILES string of the molecule is O=C1[C@H]2[C@@H]3O[C@@H](C4=C(c5ccccc5Cl)NO[C@H]43)[C@H]2C(=O)N1c1ccc(Cl)cc1. The van der Waals surface area contributed by atoms with Crippen LogP contribution in [0, 0.1) is 11.8 Å². The van der Waals surface area contributed by atoms with Crippen molar-refractivity contribution in [2.75, 3.05) is 4.90 Å². The molecule has 2 bridgehead atoms. The number of halogens is 2. The van der Waals surface area contributed by atoms with Crippen molar-refractivity contribution in [1.82, 2.24) is 5.48 Å². The first-order valence-electron chi connectivity index (χ1n) is 9.26. The number of ether oxygens (including phenoxy) is 1. The lowest BCUT2D eigenvalue weighted by atomic mass is 9.76. The van der Waals surface area contributed by atoms with Gasteiger partial charge < -0.3 is 4.74 Å². The van der Waals surface area contributed by atoms with Crippen LogP contribution in [0.2, 0.25) is 10.0 Å². The van der Waals surface area contributed by atoms with Gasteiger partial charge in [0.25, 0.3) is 0 Å². The Morgan fingerprint density at radius 3 is 2.38 bits per heavy atom. The number of carbonyl (C=O) groups is 2. The van der Waals surface area contributed by atoms with Crippen LogP contribution in [0.25, 0.3) is 5.70 Å². The Morgan fingerprint density at radius 2 is 1.62 bits per heavy atom. The zero-order valence-electron chi connectivity index (χ0n) is 14.8. The van der Waals surface area contributed by atoms with Gasteiger partial charge in [0.15, 0.2) is 0 Å². The minimum atomic E-state index is -0.574. The number of amides is 2. The molecule has 0 radical (unpaired) electrons. The number of hydroxylamine groups is 1. The maximum atomic E-state index is 13.3. The molecule has 29 heavy (non-hydrogen) atoms. The maximum absolute atomic E-state index is 13.3. The summed E-state index contributed by atoms with van der Waals surface area (Å²) in [7, 11) is 0. The van der Waals surface area contributed by atoms with E-state index in [9.17, 15) is 9.59 Å². The number of benzene rings is 2. The fraction of sp³-hybridized carbons (Fsp3) is 0.238. The molecule has 2 aromatic rings. The molecule has 5 atom stereocenters. The Morgan fingerprint density at radius 1 is 0.897 bits per heavy atom. The molecule has 2 aromatic carbocycles. The van der Waals surface area contributed by atoms with Gasteiger partial charge in [-0.2, -0.15) is 0 Å². The van der Waals surface area contributed by atoms with Crippen LogP contribution in [0.3, 0.4) is 0 Å². The second-order valence-electron chi connectivity index (χ2n) is 7.51. The minimum absolute atomic E-state index is 0.258. The lowest BCUT2D eigenvalue weighted by Gasteiger charge is -2.22. The number of carbonyl (C=O) groups excluding carboxylic acids is 2. The van der Waals surface area contributed by atoms with Crippen LogP contribution in [-0.2, 0) is 19.2 Å². The first-order chi connectivity index (χ1) is 14.1. The molecule has 4 aliphatic heterocycles. The number of nitrogens with one attached hydrogen (secondary N) is 1. The maximum Gasteiger partial charge on any atom is 0.240 e. The van der Waals surface area contributed by atoms with Crippen molar-refractivity contribution in [3.8, 4) is 0 Å². The number of hydrogen-bond donors (Lipinski definition) is 1. The summed E-state index contributed by atoms with van der Waals surface area (Å²) in [6, 6.07) is 14.1. The second-order valence-corrected chi connectivity index (χ2v) is 8.36. The van der Waals surface area contributed by atoms with Gasteiger partial charge in [-0.25, -0.2) is 4.90 Å². The smallest absolute Gasteiger partial charge is 0.240 e. The van der Waals surface area contributed by atoms with Crippen molar-refractivity contribution in [3.05, 3.63) is 69.7 Å². The summed E-state index contributed by atoms with van der Waals surface area (Å²) in [6.07, 6.45) is -1.46. The zero-order valence-corrected chi connectivity index (χ0v) is 16.4. The second kappa shape index (κ2) is 6.06. The van der Waals surface area contributed by atoms with Crippen molar-refractivity contribution in [1.29, 1.82) is 0 Å². The molecule has 4 aliphatic rings. The molecule has 6 nitrogen and oxygen atoms in total. The predicted octanol–water partition coefficient (Wildman–Crippen LogP) is 3.19. The number of hydrogen-bond acceptors (Lipinski definition) is 5. The van der Waals surface area contributed by atoms with Gasteiger partial charge in [-0.05, 0) is 30.3 Å². The topological polar surface area (TPSA) is 67.9 Å². The van der Waals surface area contributed by atoms with E-state index in [1.54, 1.807) is 30.3 Å². The zero-order chi connectivity index (χ0) is 19.9. The number of rotatable bonds is 2. The number of imide groups is 1. The summed E-state index contributed by atoms with van der Waals surface area (Å²) in [5.74, 6) is -1.66. The van der Waals surface area contributed by atoms with Crippen molar-refractivity contribution in [2.45, 2.75) is 18.3 Å². The normalized spacial score (nSPS) is 32.1. The fourth-order valence-corrected chi connectivity index (χ4v) is 5.25. The molecule has 4 heterocycles. The van der Waals surface area contributed by atoms with Gasteiger partial charge in [0.2, 0.25) is 11.8 Å². The van der Waals surface area contributed by atoms with Crippen molar-refractivity contribution >= 4 is 46.4 Å². The number of nitrogens with zero attached hydrogens (tertiary/aromatic N) is 1. The molecule has 6 rings (SSSR count). The highest BCUT2D eigenvalue weighted by atomic mass is 35.5. The largest absolute Gasteiger partial charge is 0.366 e. The van der Waals surface area contributed by atoms with Gasteiger partial charge in [-0.15, -0.1) is 0 Å². The highest BCUT2D eigenvalue weighted by Gasteiger charge is 2.69. The van der Waals surface area contributed by atoms with Crippen LogP contribution >= 0.6 is 23.2 Å². The van der Waals surface area contributed by atoms with Crippen molar-refractivity contribution < 1.29 is 19.2 Å². The average molecular weight is 429 g/mol. The first kappa shape index (κ1) is 17.5. The number of anilines is 1. The van der Waals surface area contributed by atoms with E-state index < -0.39 is 30.1 Å². The van der Waals surface area contributed by atoms with Crippen LogP contribution in [-0.4, -0.2) is 30.1 Å². The fourth-order valence-electron chi connectivity index (χ4n) is 4.90. The lowest BCUT2D eigenvalue weighted by molar-refractivity contribution is -0.126. The quantitative estimate of drug-likeness (QED) is 0.743. The van der Waals surface area contributed by atoms with Crippen molar-refractivity contribution in [3.63, 3.8) is 0 Å². The van der Waals surface area contributed by atoms with Crippen LogP contribution in [0.5, 0.6) is 0 Å². The minimum Gasteiger partial charge on any atom is -0.366 e. The summed E-state index contributed by atoms with van der Waals surface area (Å²) >= 11 is 12.3. The molecule has 3 saturated heterocycles. The standard InChI is InChI=1S/C21H14Cl2N2O4/c22-9-5-7-10(8-6-9)25-20(26)13-14(21(25)27)18-19-15(17(13)28-18)16(24-29-19)11-3-1-2-4-12(11)23/h1-8,13-14,17-19,24H/t13-,14+,17+,18-,19+/m0/s1. The lowest BCUT2D eigenvalue weighted by Crippen LogP contribution is -2.40. The van der Waals surface area contributed by atoms with Crippen LogP contribution in [0.1, 0.15) is 5.56 Å². The third-order valence-electron chi connectivity index (χ3n) is 6.10. The van der Waals surface area contributed by atoms with Gasteiger partial charge in [0.05, 0.1) is 29.3 Å². The van der Waals surface area contributed by atoms with Crippen molar-refractivity contribution in [2.24, 2.45) is 11.8 Å². The van der Waals surface area contributed by atoms with E-state index in [0.717, 1.165) is 16.8 Å². The Balaban J connectivity index is 1.42. The van der Waals surface area contributed by atoms with E-state index in [2.05, 4.69) is 5.48 Å². The third kappa shape index (κ3) is 2.25. The van der Waals surface area contributed by atoms with E-state index in [4.69, 9.17) is 32.8 Å². The van der Waals surface area contributed by atoms with Crippen LogP contribution in [0.4, 0.5) is 5.69 Å². The molecule has 146 valence electrons. The summed E-state index contributed by atoms with van der Waals surface area (Å²) in [5, 5.41) is 1.11. The van der Waals surface area contributed by atoms with Crippen LogP contribution in [0.15, 0.2) is 54.1 Å². The molecule has 0 spiro atoms. The third-order valence-corrected chi connectivity index (χ3v) is 6.68. The summed E-state index contributed by atoms with van der Waals surface area (Å²) in [6.45, 7) is 0. The summed E-state index contributed by atoms with van der Waals surface area (Å²) in [4.78, 5) is 33.4. The van der Waals surface area contributed by atoms with E-state index in [1.165, 1.54) is 4.90 Å². The number of fused-ring (bicyclic) bond motifs is 8. The molecule has 0 aromatic heterocycles. The molecule has 1 N–H and O–H groups in total. The van der Waals surface area contributed by atoms with E-state index >= 15 is 0 Å². The Labute approximate surface area is 175 Å². The molecule has 0 saturated carbocycles. The molecular weight excluding hydrogens is 415 g/mol. The molecule has 0 aliphatic carbocycles. The van der Waals surface area contributed by atoms with Gasteiger partial charge in [0.1, 0.15) is 12.2 Å². The molecule has 0 unspecified atom stereocenters. The van der Waals surface area contributed by atoms with E-state index in [-0.39, 0.29) is 11.8 Å². The Bertz CT molecular complexity index is 1100. The summed E-state index contributed by atoms with van der Waals surface area (Å²) in [5.41, 5.74) is 5.82. The first-order valence-corrected chi connectivity index (χ1v) is 10.0. The Kier molecular flexibility index (Phi) is 3.65. The average Bonchev–Trinajstić information content (AvgIpc) is 3.44. The Hall–Kier alpha value is -2.38. The highest BCUT2D eigenvalue weighted by Crippen LogP contribution is 2.55. The molecular formula is C21H14Cl2N2O4. The molecule has 3 fully saturated rings.